The van der Waals surface area contributed by atoms with E-state index in [0.717, 1.165) is 12.1 Å². The first-order valence-corrected chi connectivity index (χ1v) is 9.54. The molecule has 8 heteroatoms. The van der Waals surface area contributed by atoms with Crippen LogP contribution < -0.4 is 15.5 Å². The summed E-state index contributed by atoms with van der Waals surface area (Å²) in [4.78, 5) is 25.3. The molecule has 4 aromatic rings. The molecule has 0 aliphatic heterocycles. The van der Waals surface area contributed by atoms with Crippen molar-refractivity contribution < 1.29 is 27.1 Å². The van der Waals surface area contributed by atoms with Gasteiger partial charge < -0.3 is 14.5 Å². The Hall–Kier alpha value is -4.07. The van der Waals surface area contributed by atoms with Gasteiger partial charge in [0, 0.05) is 11.3 Å². The molecule has 1 amide bonds. The average Bonchev–Trinajstić information content (AvgIpc) is 2.78. The molecule has 3 aromatic carbocycles. The third kappa shape index (κ3) is 4.49. The summed E-state index contributed by atoms with van der Waals surface area (Å²) >= 11 is 0. The fourth-order valence-corrected chi connectivity index (χ4v) is 3.14. The smallest absolute Gasteiger partial charge is 0.416 e. The lowest BCUT2D eigenvalue weighted by molar-refractivity contribution is -0.137. The number of amides is 1. The molecule has 1 heterocycles. The quantitative estimate of drug-likeness (QED) is 0.446. The second kappa shape index (κ2) is 8.58. The van der Waals surface area contributed by atoms with Crippen LogP contribution in [0.15, 0.2) is 88.1 Å². The molecule has 0 fully saturated rings. The summed E-state index contributed by atoms with van der Waals surface area (Å²) in [6.45, 7) is -0.598. The van der Waals surface area contributed by atoms with Gasteiger partial charge in [0.25, 0.3) is 5.91 Å². The minimum Gasteiger partial charge on any atom is -0.476 e. The van der Waals surface area contributed by atoms with Crippen LogP contribution in [0, 0.1) is 0 Å². The lowest BCUT2D eigenvalue weighted by Gasteiger charge is -2.12. The highest BCUT2D eigenvalue weighted by Crippen LogP contribution is 2.32. The predicted molar refractivity (Wildman–Crippen MR) is 113 cm³/mol. The average molecular weight is 439 g/mol. The van der Waals surface area contributed by atoms with E-state index in [2.05, 4.69) is 5.32 Å². The van der Waals surface area contributed by atoms with E-state index < -0.39 is 29.7 Å². The minimum absolute atomic E-state index is 0.0396. The Morgan fingerprint density at radius 1 is 0.938 bits per heavy atom. The van der Waals surface area contributed by atoms with Gasteiger partial charge in [-0.15, -0.1) is 0 Å². The highest BCUT2D eigenvalue weighted by molar-refractivity contribution is 5.92. The van der Waals surface area contributed by atoms with E-state index in [9.17, 15) is 22.8 Å². The molecule has 0 bridgehead atoms. The lowest BCUT2D eigenvalue weighted by Crippen LogP contribution is -2.23. The SMILES string of the molecule is O=C(COc1c(-c2ccccc2)oc2ccccc2c1=O)Nc1cccc(C(F)(F)F)c1. The molecule has 0 atom stereocenters. The van der Waals surface area contributed by atoms with Crippen LogP contribution in [0.25, 0.3) is 22.3 Å². The van der Waals surface area contributed by atoms with Crippen LogP contribution >= 0.6 is 0 Å². The first kappa shape index (κ1) is 21.2. The van der Waals surface area contributed by atoms with Crippen LogP contribution in [-0.4, -0.2) is 12.5 Å². The molecule has 0 saturated heterocycles. The number of halogens is 3. The maximum Gasteiger partial charge on any atom is 0.416 e. The van der Waals surface area contributed by atoms with E-state index in [1.54, 1.807) is 54.6 Å². The molecule has 1 N–H and O–H groups in total. The van der Waals surface area contributed by atoms with Gasteiger partial charge in [0.2, 0.25) is 11.2 Å². The van der Waals surface area contributed by atoms with Gasteiger partial charge in [-0.2, -0.15) is 13.2 Å². The molecule has 0 unspecified atom stereocenters. The summed E-state index contributed by atoms with van der Waals surface area (Å²) < 4.78 is 50.0. The second-order valence-corrected chi connectivity index (χ2v) is 6.87. The minimum atomic E-state index is -4.54. The maximum atomic E-state index is 13.0. The van der Waals surface area contributed by atoms with E-state index in [-0.39, 0.29) is 22.6 Å². The number of hydrogen-bond donors (Lipinski definition) is 1. The molecular weight excluding hydrogens is 423 g/mol. The number of hydrogen-bond acceptors (Lipinski definition) is 4. The normalized spacial score (nSPS) is 11.3. The number of nitrogens with one attached hydrogen (secondary N) is 1. The van der Waals surface area contributed by atoms with Crippen LogP contribution in [-0.2, 0) is 11.0 Å². The molecule has 0 aliphatic carbocycles. The zero-order valence-corrected chi connectivity index (χ0v) is 16.5. The van der Waals surface area contributed by atoms with Crippen molar-refractivity contribution in [3.63, 3.8) is 0 Å². The third-order valence-corrected chi connectivity index (χ3v) is 4.61. The Balaban J connectivity index is 1.61. The maximum absolute atomic E-state index is 13.0. The van der Waals surface area contributed by atoms with Crippen LogP contribution in [0.2, 0.25) is 0 Å². The molecular formula is C24H16F3NO4. The van der Waals surface area contributed by atoms with Crippen molar-refractivity contribution in [2.75, 3.05) is 11.9 Å². The molecule has 0 spiro atoms. The van der Waals surface area contributed by atoms with Crippen LogP contribution in [0.3, 0.4) is 0 Å². The predicted octanol–water partition coefficient (Wildman–Crippen LogP) is 5.50. The van der Waals surface area contributed by atoms with Crippen LogP contribution in [0.5, 0.6) is 5.75 Å². The summed E-state index contributed by atoms with van der Waals surface area (Å²) in [5.41, 5.74) is -0.460. The van der Waals surface area contributed by atoms with Gasteiger partial charge in [-0.25, -0.2) is 0 Å². The van der Waals surface area contributed by atoms with Crippen molar-refractivity contribution in [3.8, 4) is 17.1 Å². The number of alkyl halides is 3. The number of rotatable bonds is 5. The highest BCUT2D eigenvalue weighted by Gasteiger charge is 2.30. The Morgan fingerprint density at radius 2 is 1.66 bits per heavy atom. The lowest BCUT2D eigenvalue weighted by atomic mass is 10.1. The molecule has 32 heavy (non-hydrogen) atoms. The van der Waals surface area contributed by atoms with E-state index in [1.807, 2.05) is 0 Å². The van der Waals surface area contributed by atoms with Crippen LogP contribution in [0.1, 0.15) is 5.56 Å². The molecule has 0 radical (unpaired) electrons. The third-order valence-electron chi connectivity index (χ3n) is 4.61. The standard InChI is InChI=1S/C24H16F3NO4/c25-24(26,27)16-9-6-10-17(13-16)28-20(29)14-31-23-21(30)18-11-4-5-12-19(18)32-22(23)15-7-2-1-3-8-15/h1-13H,14H2,(H,28,29). The number of carbonyl (C=O) groups is 1. The van der Waals surface area contributed by atoms with Gasteiger partial charge in [0.1, 0.15) is 5.58 Å². The second-order valence-electron chi connectivity index (χ2n) is 6.87. The summed E-state index contributed by atoms with van der Waals surface area (Å²) in [5.74, 6) is -0.730. The van der Waals surface area contributed by atoms with Gasteiger partial charge in [0.15, 0.2) is 12.4 Å². The Bertz CT molecular complexity index is 1330. The molecule has 1 aromatic heterocycles. The molecule has 162 valence electrons. The molecule has 0 saturated carbocycles. The number of benzene rings is 3. The van der Waals surface area contributed by atoms with E-state index in [0.29, 0.717) is 11.1 Å². The zero-order chi connectivity index (χ0) is 22.7. The van der Waals surface area contributed by atoms with Crippen molar-refractivity contribution in [1.29, 1.82) is 0 Å². The van der Waals surface area contributed by atoms with Crippen molar-refractivity contribution in [1.82, 2.24) is 0 Å². The number of para-hydroxylation sites is 1. The first-order chi connectivity index (χ1) is 15.3. The van der Waals surface area contributed by atoms with Crippen molar-refractivity contribution >= 4 is 22.6 Å². The highest BCUT2D eigenvalue weighted by atomic mass is 19.4. The van der Waals surface area contributed by atoms with E-state index >= 15 is 0 Å². The van der Waals surface area contributed by atoms with Crippen molar-refractivity contribution in [2.45, 2.75) is 6.18 Å². The van der Waals surface area contributed by atoms with Gasteiger partial charge in [-0.1, -0.05) is 48.5 Å². The Morgan fingerprint density at radius 3 is 2.41 bits per heavy atom. The topological polar surface area (TPSA) is 68.5 Å². The van der Waals surface area contributed by atoms with Crippen LogP contribution in [0.4, 0.5) is 18.9 Å². The van der Waals surface area contributed by atoms with Crippen molar-refractivity contribution in [3.05, 3.63) is 94.6 Å². The fraction of sp³-hybridized carbons (Fsp3) is 0.0833. The molecule has 5 nitrogen and oxygen atoms in total. The number of anilines is 1. The Labute approximate surface area is 180 Å². The zero-order valence-electron chi connectivity index (χ0n) is 16.5. The molecule has 0 aliphatic rings. The summed E-state index contributed by atoms with van der Waals surface area (Å²) in [6, 6.07) is 19.6. The van der Waals surface area contributed by atoms with Gasteiger partial charge in [-0.3, -0.25) is 9.59 Å². The fourth-order valence-electron chi connectivity index (χ4n) is 3.14. The largest absolute Gasteiger partial charge is 0.476 e. The first-order valence-electron chi connectivity index (χ1n) is 9.54. The van der Waals surface area contributed by atoms with Crippen molar-refractivity contribution in [2.24, 2.45) is 0 Å². The summed E-state index contributed by atoms with van der Waals surface area (Å²) in [5, 5.41) is 2.62. The summed E-state index contributed by atoms with van der Waals surface area (Å²) in [7, 11) is 0. The van der Waals surface area contributed by atoms with Gasteiger partial charge in [0.05, 0.1) is 10.9 Å². The monoisotopic (exact) mass is 439 g/mol. The van der Waals surface area contributed by atoms with Gasteiger partial charge >= 0.3 is 6.18 Å². The number of fused-ring (bicyclic) bond motifs is 1. The summed E-state index contributed by atoms with van der Waals surface area (Å²) in [6.07, 6.45) is -4.54. The van der Waals surface area contributed by atoms with E-state index in [4.69, 9.17) is 9.15 Å². The van der Waals surface area contributed by atoms with E-state index in [1.165, 1.54) is 12.1 Å². The molecule has 4 rings (SSSR count). The number of carbonyl (C=O) groups excluding carboxylic acids is 1. The Kier molecular flexibility index (Phi) is 5.68. The number of ether oxygens (including phenoxy) is 1. The van der Waals surface area contributed by atoms with Gasteiger partial charge in [-0.05, 0) is 30.3 Å².